The van der Waals surface area contributed by atoms with Crippen LogP contribution >= 0.6 is 0 Å². The van der Waals surface area contributed by atoms with Crippen molar-refractivity contribution < 1.29 is 21.1 Å². The van der Waals surface area contributed by atoms with Gasteiger partial charge in [-0.05, 0) is 65.8 Å². The van der Waals surface area contributed by atoms with Gasteiger partial charge in [0.15, 0.2) is 0 Å². The number of aryl methyl sites for hydroxylation is 1. The van der Waals surface area contributed by atoms with Gasteiger partial charge in [-0.1, -0.05) is 83.3 Å². The fourth-order valence-electron chi connectivity index (χ4n) is 4.78. The Balaban J connectivity index is 0.000000273. The quantitative estimate of drug-likeness (QED) is 0.201. The molecule has 0 atom stereocenters. The fourth-order valence-corrected chi connectivity index (χ4v) is 4.78. The van der Waals surface area contributed by atoms with Crippen LogP contribution in [0.1, 0.15) is 76.9 Å². The number of rotatable bonds is 2. The minimum absolute atomic E-state index is 0. The fraction of sp³-hybridized carbons (Fsp3) is 0.375. The van der Waals surface area contributed by atoms with E-state index in [2.05, 4.69) is 109 Å². The summed E-state index contributed by atoms with van der Waals surface area (Å²) in [6, 6.07) is 16.6. The van der Waals surface area contributed by atoms with Gasteiger partial charge in [0, 0.05) is 34.6 Å². The molecule has 0 fully saturated rings. The number of aromatic nitrogens is 6. The first-order valence-electron chi connectivity index (χ1n) is 13.4. The van der Waals surface area contributed by atoms with Gasteiger partial charge in [0.25, 0.3) is 0 Å². The van der Waals surface area contributed by atoms with Gasteiger partial charge in [0.1, 0.15) is 0 Å². The van der Waals surface area contributed by atoms with Crippen molar-refractivity contribution in [3.05, 3.63) is 83.4 Å². The second-order valence-electron chi connectivity index (χ2n) is 12.1. The van der Waals surface area contributed by atoms with Crippen LogP contribution in [0.2, 0.25) is 0 Å². The smallest absolute Gasteiger partial charge is 0.573 e. The van der Waals surface area contributed by atoms with E-state index in [0.717, 1.165) is 57.8 Å². The van der Waals surface area contributed by atoms with E-state index < -0.39 is 0 Å². The average molecular weight is 700 g/mol. The molecule has 0 radical (unpaired) electrons. The van der Waals surface area contributed by atoms with Gasteiger partial charge >= 0.3 is 21.1 Å². The van der Waals surface area contributed by atoms with Crippen LogP contribution in [0.5, 0.6) is 0 Å². The Bertz CT molecular complexity index is 1540. The molecule has 0 saturated carbocycles. The summed E-state index contributed by atoms with van der Waals surface area (Å²) in [6.07, 6.45) is 8.11. The van der Waals surface area contributed by atoms with Gasteiger partial charge in [-0.2, -0.15) is 0 Å². The van der Waals surface area contributed by atoms with Gasteiger partial charge in [-0.25, -0.2) is 0 Å². The number of pyridine rings is 2. The van der Waals surface area contributed by atoms with Gasteiger partial charge in [0.2, 0.25) is 0 Å². The third kappa shape index (κ3) is 6.38. The third-order valence-corrected chi connectivity index (χ3v) is 7.07. The number of hydrogen-bond acceptors (Lipinski definition) is 4. The molecule has 0 spiro atoms. The normalized spacial score (nSPS) is 13.3. The van der Waals surface area contributed by atoms with E-state index in [1.807, 2.05) is 18.5 Å². The molecular weight excluding hydrogens is 663 g/mol. The van der Waals surface area contributed by atoms with E-state index in [1.165, 1.54) is 24.0 Å². The van der Waals surface area contributed by atoms with Crippen LogP contribution in [0, 0.1) is 0 Å². The molecule has 5 aromatic rings. The summed E-state index contributed by atoms with van der Waals surface area (Å²) in [5, 5.41) is 20.0. The Kier molecular flexibility index (Phi) is 8.56. The van der Waals surface area contributed by atoms with Gasteiger partial charge in [0.05, 0.1) is 11.4 Å². The zero-order chi connectivity index (χ0) is 26.9. The SMILES string of the molecule is CC(C)(C)c1cc(-c2nc(-c3[n-]nc4c3CCCC4)cc3ccccc23)[n-]n1.CC(C)(C)c1ccncc1.[Pt+2]. The molecule has 204 valence electrons. The zero-order valence-electron chi connectivity index (χ0n) is 23.6. The Labute approximate surface area is 245 Å². The maximum atomic E-state index is 5.01. The number of nitrogens with zero attached hydrogens (tertiary/aromatic N) is 6. The monoisotopic (exact) mass is 699 g/mol. The first kappa shape index (κ1) is 28.9. The molecule has 6 nitrogen and oxygen atoms in total. The van der Waals surface area contributed by atoms with E-state index in [-0.39, 0.29) is 31.9 Å². The molecule has 7 heteroatoms. The molecule has 4 heterocycles. The minimum Gasteiger partial charge on any atom is -0.573 e. The summed E-state index contributed by atoms with van der Waals surface area (Å²) >= 11 is 0. The van der Waals surface area contributed by atoms with E-state index in [1.54, 1.807) is 0 Å². The van der Waals surface area contributed by atoms with Gasteiger partial charge < -0.3 is 20.4 Å². The van der Waals surface area contributed by atoms with Gasteiger partial charge in [-0.15, -0.1) is 0 Å². The average Bonchev–Trinajstić information content (AvgIpc) is 3.57. The molecule has 1 aromatic carbocycles. The first-order chi connectivity index (χ1) is 18.1. The van der Waals surface area contributed by atoms with Crippen LogP contribution in [0.4, 0.5) is 0 Å². The zero-order valence-corrected chi connectivity index (χ0v) is 25.9. The van der Waals surface area contributed by atoms with E-state index in [9.17, 15) is 0 Å². The summed E-state index contributed by atoms with van der Waals surface area (Å²) < 4.78 is 0. The molecule has 0 amide bonds. The Morgan fingerprint density at radius 3 is 2.15 bits per heavy atom. The number of hydrogen-bond donors (Lipinski definition) is 0. The van der Waals surface area contributed by atoms with Crippen molar-refractivity contribution in [1.29, 1.82) is 0 Å². The van der Waals surface area contributed by atoms with Gasteiger partial charge in [-0.3, -0.25) is 9.97 Å². The van der Waals surface area contributed by atoms with Crippen molar-refractivity contribution >= 4 is 10.8 Å². The predicted octanol–water partition coefficient (Wildman–Crippen LogP) is 6.83. The Hall–Kier alpha value is -3.11. The summed E-state index contributed by atoms with van der Waals surface area (Å²) in [5.41, 5.74) is 8.41. The first-order valence-corrected chi connectivity index (χ1v) is 13.4. The van der Waals surface area contributed by atoms with Crippen LogP contribution in [0.3, 0.4) is 0 Å². The van der Waals surface area contributed by atoms with Crippen molar-refractivity contribution in [2.45, 2.75) is 78.1 Å². The molecule has 6 rings (SSSR count). The standard InChI is InChI=1S/C23H23N5.C9H13N.Pt/c1-23(2,3)20-13-19(26-27-20)21-15-9-5-4-8-14(15)12-18(24-21)22-16-10-6-7-11-17(16)25-28-22;1-9(2,3)8-4-6-10-7-5-8;/h4-5,8-9,12-13H,6-7,10-11H2,1-3H3;4-7H,1-3H3;/q-2;;+2. The molecule has 39 heavy (non-hydrogen) atoms. The largest absolute Gasteiger partial charge is 2.00 e. The Morgan fingerprint density at radius 2 is 1.49 bits per heavy atom. The Morgan fingerprint density at radius 1 is 0.769 bits per heavy atom. The van der Waals surface area contributed by atoms with Crippen LogP contribution in [0.15, 0.2) is 60.9 Å². The molecule has 0 N–H and O–H groups in total. The molecule has 0 bridgehead atoms. The molecule has 4 aromatic heterocycles. The van der Waals surface area contributed by atoms with Crippen LogP contribution in [0.25, 0.3) is 33.5 Å². The second-order valence-corrected chi connectivity index (χ2v) is 12.1. The van der Waals surface area contributed by atoms with Crippen molar-refractivity contribution in [2.75, 3.05) is 0 Å². The van der Waals surface area contributed by atoms with Crippen molar-refractivity contribution in [3.63, 3.8) is 0 Å². The second kappa shape index (κ2) is 11.6. The number of fused-ring (bicyclic) bond motifs is 2. The van der Waals surface area contributed by atoms with E-state index >= 15 is 0 Å². The summed E-state index contributed by atoms with van der Waals surface area (Å²) in [7, 11) is 0. The molecule has 1 aliphatic carbocycles. The van der Waals surface area contributed by atoms with Crippen LogP contribution in [-0.2, 0) is 44.7 Å². The van der Waals surface area contributed by atoms with Crippen molar-refractivity contribution in [1.82, 2.24) is 30.4 Å². The van der Waals surface area contributed by atoms with Crippen LogP contribution in [-0.4, -0.2) is 20.2 Å². The minimum atomic E-state index is -0.0467. The van der Waals surface area contributed by atoms with Crippen molar-refractivity contribution in [3.8, 4) is 22.8 Å². The molecule has 1 aliphatic rings. The summed E-state index contributed by atoms with van der Waals surface area (Å²) in [4.78, 5) is 8.97. The van der Waals surface area contributed by atoms with E-state index in [0.29, 0.717) is 0 Å². The molecule has 0 saturated heterocycles. The van der Waals surface area contributed by atoms with Crippen molar-refractivity contribution in [2.24, 2.45) is 0 Å². The maximum Gasteiger partial charge on any atom is 2.00 e. The maximum absolute atomic E-state index is 5.01. The predicted molar refractivity (Wildman–Crippen MR) is 153 cm³/mol. The summed E-state index contributed by atoms with van der Waals surface area (Å²) in [5.74, 6) is 0. The number of benzene rings is 1. The third-order valence-electron chi connectivity index (χ3n) is 7.07. The summed E-state index contributed by atoms with van der Waals surface area (Å²) in [6.45, 7) is 13.0. The topological polar surface area (TPSA) is 79.8 Å². The molecule has 0 unspecified atom stereocenters. The molecular formula is C32H36N6Pt. The van der Waals surface area contributed by atoms with Crippen LogP contribution < -0.4 is 10.2 Å². The molecule has 0 aliphatic heterocycles. The van der Waals surface area contributed by atoms with E-state index in [4.69, 9.17) is 4.98 Å².